The summed E-state index contributed by atoms with van der Waals surface area (Å²) in [5.74, 6) is 0.553. The average Bonchev–Trinajstić information content (AvgIpc) is 2.27. The first kappa shape index (κ1) is 13.6. The van der Waals surface area contributed by atoms with Gasteiger partial charge < -0.3 is 0 Å². The third-order valence-electron chi connectivity index (χ3n) is 3.14. The van der Waals surface area contributed by atoms with Crippen LogP contribution in [0.3, 0.4) is 0 Å². The number of fused-ring (bicyclic) bond motifs is 1. The molecule has 2 rings (SSSR count). The second-order valence-electron chi connectivity index (χ2n) is 5.93. The van der Waals surface area contributed by atoms with E-state index in [1.165, 1.54) is 14.5 Å². The van der Waals surface area contributed by atoms with Crippen molar-refractivity contribution in [2.45, 2.75) is 40.0 Å². The van der Waals surface area contributed by atoms with Crippen LogP contribution in [0.2, 0.25) is 0 Å². The van der Waals surface area contributed by atoms with Gasteiger partial charge >= 0.3 is 116 Å². The van der Waals surface area contributed by atoms with Crippen LogP contribution < -0.4 is 4.46 Å². The Morgan fingerprint density at radius 3 is 2.56 bits per heavy atom. The van der Waals surface area contributed by atoms with Crippen molar-refractivity contribution in [3.63, 3.8) is 0 Å². The van der Waals surface area contributed by atoms with Gasteiger partial charge in [-0.25, -0.2) is 0 Å². The topological polar surface area (TPSA) is 17.1 Å². The van der Waals surface area contributed by atoms with Gasteiger partial charge in [0, 0.05) is 0 Å². The van der Waals surface area contributed by atoms with E-state index < -0.39 is 0 Å². The molecule has 18 heavy (non-hydrogen) atoms. The molecule has 0 radical (unpaired) electrons. The fourth-order valence-corrected chi connectivity index (χ4v) is 4.83. The molecule has 1 aromatic carbocycles. The van der Waals surface area contributed by atoms with E-state index in [-0.39, 0.29) is 17.1 Å². The third kappa shape index (κ3) is 2.93. The minimum absolute atomic E-state index is 0.211. The standard InChI is InChI=1S/C16H20OSe/c1-11(17)9-12-10-15(16(2,3)4)18-14-8-6-5-7-13(12)14/h5-8,10,12H,9H2,1-4H3. The summed E-state index contributed by atoms with van der Waals surface area (Å²) >= 11 is 0.405. The molecule has 0 bridgehead atoms. The van der Waals surface area contributed by atoms with E-state index in [1.54, 1.807) is 6.92 Å². The molecule has 0 spiro atoms. The molecule has 1 heterocycles. The van der Waals surface area contributed by atoms with Gasteiger partial charge in [-0.1, -0.05) is 0 Å². The number of allylic oxidation sites excluding steroid dienone is 2. The monoisotopic (exact) mass is 308 g/mol. The van der Waals surface area contributed by atoms with Crippen molar-refractivity contribution < 1.29 is 4.79 Å². The van der Waals surface area contributed by atoms with Gasteiger partial charge in [0.1, 0.15) is 0 Å². The van der Waals surface area contributed by atoms with Crippen LogP contribution in [-0.4, -0.2) is 20.7 Å². The SMILES string of the molecule is CC(=O)CC1C=C(C(C)(C)C)[Se]c2ccccc21. The maximum absolute atomic E-state index is 11.5. The zero-order valence-corrected chi connectivity index (χ0v) is 13.2. The van der Waals surface area contributed by atoms with Crippen molar-refractivity contribution in [1.82, 2.24) is 0 Å². The molecule has 0 N–H and O–H groups in total. The van der Waals surface area contributed by atoms with Crippen LogP contribution in [0.15, 0.2) is 34.8 Å². The molecular formula is C16H20OSe. The molecule has 1 nitrogen and oxygen atoms in total. The van der Waals surface area contributed by atoms with Crippen molar-refractivity contribution in [3.05, 3.63) is 40.4 Å². The predicted molar refractivity (Wildman–Crippen MR) is 77.4 cm³/mol. The molecule has 0 aliphatic carbocycles. The normalized spacial score (nSPS) is 19.1. The predicted octanol–water partition coefficient (Wildman–Crippen LogP) is 3.02. The van der Waals surface area contributed by atoms with Crippen LogP contribution >= 0.6 is 0 Å². The summed E-state index contributed by atoms with van der Waals surface area (Å²) in [4.78, 5) is 11.5. The summed E-state index contributed by atoms with van der Waals surface area (Å²) in [5.41, 5.74) is 1.57. The van der Waals surface area contributed by atoms with Crippen LogP contribution in [-0.2, 0) is 4.79 Å². The van der Waals surface area contributed by atoms with Gasteiger partial charge in [0.05, 0.1) is 0 Å². The Morgan fingerprint density at radius 1 is 1.28 bits per heavy atom. The van der Waals surface area contributed by atoms with Gasteiger partial charge in [-0.05, 0) is 0 Å². The van der Waals surface area contributed by atoms with Gasteiger partial charge in [0.2, 0.25) is 0 Å². The van der Waals surface area contributed by atoms with Crippen LogP contribution in [0.1, 0.15) is 45.6 Å². The van der Waals surface area contributed by atoms with E-state index in [2.05, 4.69) is 51.1 Å². The summed E-state index contributed by atoms with van der Waals surface area (Å²) < 4.78 is 2.96. The summed E-state index contributed by atoms with van der Waals surface area (Å²) in [6.45, 7) is 8.48. The van der Waals surface area contributed by atoms with Crippen LogP contribution in [0, 0.1) is 5.41 Å². The zero-order valence-electron chi connectivity index (χ0n) is 11.5. The van der Waals surface area contributed by atoms with Crippen molar-refractivity contribution in [2.75, 3.05) is 0 Å². The fraction of sp³-hybridized carbons (Fsp3) is 0.438. The molecule has 1 aliphatic rings. The third-order valence-corrected chi connectivity index (χ3v) is 6.41. The number of rotatable bonds is 2. The molecule has 1 aromatic rings. The second kappa shape index (κ2) is 5.03. The van der Waals surface area contributed by atoms with E-state index in [0.29, 0.717) is 21.4 Å². The fourth-order valence-electron chi connectivity index (χ4n) is 2.19. The molecule has 0 amide bonds. The molecule has 0 saturated carbocycles. The summed E-state index contributed by atoms with van der Waals surface area (Å²) in [5, 5.41) is 0. The quantitative estimate of drug-likeness (QED) is 0.768. The van der Waals surface area contributed by atoms with Crippen LogP contribution in [0.25, 0.3) is 0 Å². The summed E-state index contributed by atoms with van der Waals surface area (Å²) in [7, 11) is 0. The van der Waals surface area contributed by atoms with Crippen LogP contribution in [0.4, 0.5) is 0 Å². The molecule has 96 valence electrons. The van der Waals surface area contributed by atoms with Gasteiger partial charge in [0.25, 0.3) is 0 Å². The Kier molecular flexibility index (Phi) is 3.79. The Labute approximate surface area is 116 Å². The molecule has 0 aromatic heterocycles. The molecule has 0 fully saturated rings. The molecule has 0 saturated heterocycles. The first-order valence-corrected chi connectivity index (χ1v) is 8.08. The summed E-state index contributed by atoms with van der Waals surface area (Å²) in [6, 6.07) is 8.59. The van der Waals surface area contributed by atoms with Gasteiger partial charge in [-0.2, -0.15) is 0 Å². The van der Waals surface area contributed by atoms with E-state index in [4.69, 9.17) is 0 Å². The van der Waals surface area contributed by atoms with E-state index in [9.17, 15) is 4.79 Å². The Balaban J connectivity index is 2.42. The number of ketones is 1. The van der Waals surface area contributed by atoms with Gasteiger partial charge in [-0.3, -0.25) is 0 Å². The van der Waals surface area contributed by atoms with Gasteiger partial charge in [-0.15, -0.1) is 0 Å². The number of hydrogen-bond donors (Lipinski definition) is 0. The number of carbonyl (C=O) groups is 1. The molecule has 1 aliphatic heterocycles. The Bertz CT molecular complexity index is 494. The molecule has 1 unspecified atom stereocenters. The first-order valence-electron chi connectivity index (χ1n) is 6.36. The maximum atomic E-state index is 11.5. The molecule has 1 atom stereocenters. The van der Waals surface area contributed by atoms with E-state index >= 15 is 0 Å². The number of carbonyl (C=O) groups excluding carboxylic acids is 1. The first-order chi connectivity index (χ1) is 8.38. The van der Waals surface area contributed by atoms with Crippen molar-refractivity contribution in [2.24, 2.45) is 5.41 Å². The second-order valence-corrected chi connectivity index (χ2v) is 8.21. The average molecular weight is 307 g/mol. The van der Waals surface area contributed by atoms with Crippen molar-refractivity contribution in [3.8, 4) is 0 Å². The molecular weight excluding hydrogens is 287 g/mol. The van der Waals surface area contributed by atoms with E-state index in [0.717, 1.165) is 0 Å². The van der Waals surface area contributed by atoms with Crippen molar-refractivity contribution in [1.29, 1.82) is 0 Å². The van der Waals surface area contributed by atoms with Gasteiger partial charge in [0.15, 0.2) is 0 Å². The number of benzene rings is 1. The zero-order chi connectivity index (χ0) is 13.3. The van der Waals surface area contributed by atoms with E-state index in [1.807, 2.05) is 0 Å². The minimum atomic E-state index is 0.211. The number of hydrogen-bond acceptors (Lipinski definition) is 1. The number of Topliss-reactive ketones (excluding diaryl/α,β-unsaturated/α-hetero) is 1. The molecule has 2 heteroatoms. The Morgan fingerprint density at radius 2 is 1.94 bits per heavy atom. The summed E-state index contributed by atoms with van der Waals surface area (Å²) in [6.07, 6.45) is 2.98. The van der Waals surface area contributed by atoms with Crippen LogP contribution in [0.5, 0.6) is 0 Å². The Hall–Kier alpha value is -0.851. The van der Waals surface area contributed by atoms with Crippen molar-refractivity contribution >= 4 is 25.2 Å².